The third kappa shape index (κ3) is 3.76. The van der Waals surface area contributed by atoms with Crippen LogP contribution in [0.4, 0.5) is 11.5 Å². The highest BCUT2D eigenvalue weighted by Gasteiger charge is 2.17. The van der Waals surface area contributed by atoms with Gasteiger partial charge in [0.15, 0.2) is 11.6 Å². The number of anilines is 2. The second kappa shape index (κ2) is 7.90. The van der Waals surface area contributed by atoms with Crippen molar-refractivity contribution in [1.82, 2.24) is 9.97 Å². The summed E-state index contributed by atoms with van der Waals surface area (Å²) in [7, 11) is 1.50. The van der Waals surface area contributed by atoms with Crippen LogP contribution in [0.5, 0.6) is 5.75 Å². The summed E-state index contributed by atoms with van der Waals surface area (Å²) in [5.41, 5.74) is 2.71. The molecule has 7 nitrogen and oxygen atoms in total. The van der Waals surface area contributed by atoms with E-state index in [1.54, 1.807) is 18.4 Å². The fraction of sp³-hybridized carbons (Fsp3) is 0.250. The lowest BCUT2D eigenvalue weighted by Gasteiger charge is -2.16. The smallest absolute Gasteiger partial charge is 0.335 e. The van der Waals surface area contributed by atoms with Gasteiger partial charge in [0.05, 0.1) is 24.6 Å². The number of aromatic carboxylic acids is 1. The van der Waals surface area contributed by atoms with Crippen LogP contribution in [0.3, 0.4) is 0 Å². The van der Waals surface area contributed by atoms with E-state index < -0.39 is 5.97 Å². The van der Waals surface area contributed by atoms with E-state index in [4.69, 9.17) is 9.15 Å². The van der Waals surface area contributed by atoms with Crippen LogP contribution in [0.1, 0.15) is 35.5 Å². The molecule has 0 saturated carbocycles. The minimum Gasteiger partial charge on any atom is -0.495 e. The van der Waals surface area contributed by atoms with Crippen molar-refractivity contribution < 1.29 is 19.1 Å². The Labute approximate surface area is 157 Å². The summed E-state index contributed by atoms with van der Waals surface area (Å²) in [6.07, 6.45) is 3.08. The third-order valence-electron chi connectivity index (χ3n) is 4.22. The second-order valence-corrected chi connectivity index (χ2v) is 5.85. The molecule has 3 aromatic rings. The van der Waals surface area contributed by atoms with Crippen LogP contribution < -0.4 is 10.1 Å². The monoisotopic (exact) mass is 367 g/mol. The van der Waals surface area contributed by atoms with Crippen molar-refractivity contribution in [3.63, 3.8) is 0 Å². The van der Waals surface area contributed by atoms with Gasteiger partial charge in [0.25, 0.3) is 0 Å². The van der Waals surface area contributed by atoms with Crippen LogP contribution in [-0.2, 0) is 12.8 Å². The summed E-state index contributed by atoms with van der Waals surface area (Å²) in [5, 5.41) is 12.4. The molecule has 0 atom stereocenters. The van der Waals surface area contributed by atoms with Crippen molar-refractivity contribution in [1.29, 1.82) is 0 Å². The first-order chi connectivity index (χ1) is 13.1. The van der Waals surface area contributed by atoms with E-state index in [1.165, 1.54) is 19.2 Å². The zero-order chi connectivity index (χ0) is 19.4. The Kier molecular flexibility index (Phi) is 5.40. The van der Waals surface area contributed by atoms with E-state index in [9.17, 15) is 9.90 Å². The van der Waals surface area contributed by atoms with E-state index in [1.807, 2.05) is 19.9 Å². The van der Waals surface area contributed by atoms with Crippen molar-refractivity contribution in [3.8, 4) is 17.3 Å². The zero-order valence-electron chi connectivity index (χ0n) is 15.4. The van der Waals surface area contributed by atoms with Crippen LogP contribution in [0.15, 0.2) is 41.0 Å². The number of carboxylic acids is 1. The van der Waals surface area contributed by atoms with Crippen molar-refractivity contribution in [2.75, 3.05) is 12.4 Å². The van der Waals surface area contributed by atoms with E-state index in [0.29, 0.717) is 28.8 Å². The number of hydrogen-bond acceptors (Lipinski definition) is 6. The van der Waals surface area contributed by atoms with Gasteiger partial charge in [-0.3, -0.25) is 0 Å². The number of carbonyl (C=O) groups is 1. The quantitative estimate of drug-likeness (QED) is 0.642. The number of ether oxygens (including phenoxy) is 1. The van der Waals surface area contributed by atoms with Gasteiger partial charge in [0, 0.05) is 11.3 Å². The molecule has 0 radical (unpaired) electrons. The fourth-order valence-electron chi connectivity index (χ4n) is 2.87. The molecule has 0 amide bonds. The molecule has 0 spiro atoms. The molecule has 0 aliphatic heterocycles. The molecule has 0 aliphatic carbocycles. The summed E-state index contributed by atoms with van der Waals surface area (Å²) in [5.74, 6) is 1.15. The summed E-state index contributed by atoms with van der Waals surface area (Å²) in [6.45, 7) is 4.08. The van der Waals surface area contributed by atoms with Gasteiger partial charge in [-0.15, -0.1) is 0 Å². The maximum absolute atomic E-state index is 11.2. The number of rotatable bonds is 7. The number of aromatic nitrogens is 2. The number of aryl methyl sites for hydroxylation is 1. The first-order valence-electron chi connectivity index (χ1n) is 8.69. The lowest BCUT2D eigenvalue weighted by molar-refractivity contribution is 0.0696. The lowest BCUT2D eigenvalue weighted by Crippen LogP contribution is -2.08. The maximum Gasteiger partial charge on any atom is 0.335 e. The molecule has 2 aromatic heterocycles. The van der Waals surface area contributed by atoms with Crippen molar-refractivity contribution in [3.05, 3.63) is 53.4 Å². The Morgan fingerprint density at radius 1 is 1.22 bits per heavy atom. The highest BCUT2D eigenvalue weighted by Crippen LogP contribution is 2.31. The van der Waals surface area contributed by atoms with E-state index in [2.05, 4.69) is 15.3 Å². The SMILES string of the molecule is CCc1nc(-c2ccco2)nc(Nc2ccc(C(=O)O)cc2OC)c1CC. The molecular formula is C20H21N3O4. The van der Waals surface area contributed by atoms with Gasteiger partial charge in [-0.25, -0.2) is 14.8 Å². The topological polar surface area (TPSA) is 97.5 Å². The molecule has 3 rings (SSSR count). The third-order valence-corrected chi connectivity index (χ3v) is 4.22. The predicted octanol–water partition coefficient (Wildman–Crippen LogP) is 4.31. The fourth-order valence-corrected chi connectivity index (χ4v) is 2.87. The molecule has 7 heteroatoms. The van der Waals surface area contributed by atoms with Crippen molar-refractivity contribution in [2.24, 2.45) is 0 Å². The van der Waals surface area contributed by atoms with Gasteiger partial charge >= 0.3 is 5.97 Å². The molecule has 0 fully saturated rings. The summed E-state index contributed by atoms with van der Waals surface area (Å²) < 4.78 is 10.8. The summed E-state index contributed by atoms with van der Waals surface area (Å²) in [4.78, 5) is 20.5. The lowest BCUT2D eigenvalue weighted by atomic mass is 10.1. The summed E-state index contributed by atoms with van der Waals surface area (Å²) in [6, 6.07) is 8.27. The van der Waals surface area contributed by atoms with E-state index in [-0.39, 0.29) is 5.56 Å². The average Bonchev–Trinajstić information content (AvgIpc) is 3.22. The van der Waals surface area contributed by atoms with Gasteiger partial charge < -0.3 is 19.6 Å². The largest absolute Gasteiger partial charge is 0.495 e. The number of benzene rings is 1. The Balaban J connectivity index is 2.08. The van der Waals surface area contributed by atoms with Crippen molar-refractivity contribution >= 4 is 17.5 Å². The minimum absolute atomic E-state index is 0.154. The van der Waals surface area contributed by atoms with Gasteiger partial charge in [0.2, 0.25) is 0 Å². The normalized spacial score (nSPS) is 10.6. The van der Waals surface area contributed by atoms with Crippen LogP contribution in [-0.4, -0.2) is 28.2 Å². The molecule has 27 heavy (non-hydrogen) atoms. The molecule has 0 aliphatic rings. The molecule has 140 valence electrons. The number of nitrogens with zero attached hydrogens (tertiary/aromatic N) is 2. The molecule has 2 N–H and O–H groups in total. The van der Waals surface area contributed by atoms with Gasteiger partial charge in [0.1, 0.15) is 11.6 Å². The summed E-state index contributed by atoms with van der Waals surface area (Å²) >= 11 is 0. The molecular weight excluding hydrogens is 346 g/mol. The van der Waals surface area contributed by atoms with E-state index >= 15 is 0 Å². The maximum atomic E-state index is 11.2. The Bertz CT molecular complexity index is 952. The molecule has 2 heterocycles. The highest BCUT2D eigenvalue weighted by atomic mass is 16.5. The Morgan fingerprint density at radius 2 is 2.04 bits per heavy atom. The number of hydrogen-bond donors (Lipinski definition) is 2. The van der Waals surface area contributed by atoms with E-state index in [0.717, 1.165) is 24.1 Å². The van der Waals surface area contributed by atoms with Crippen molar-refractivity contribution in [2.45, 2.75) is 26.7 Å². The van der Waals surface area contributed by atoms with Crippen LogP contribution in [0.2, 0.25) is 0 Å². The standard InChI is InChI=1S/C20H21N3O4/c1-4-13-14(5-2)21-19(16-7-6-10-27-16)23-18(13)22-15-9-8-12(20(24)25)11-17(15)26-3/h6-11H,4-5H2,1-3H3,(H,24,25)(H,21,22,23). The Hall–Kier alpha value is -3.35. The highest BCUT2D eigenvalue weighted by molar-refractivity contribution is 5.89. The first kappa shape index (κ1) is 18.4. The Morgan fingerprint density at radius 3 is 2.63 bits per heavy atom. The van der Waals surface area contributed by atoms with Crippen LogP contribution in [0, 0.1) is 0 Å². The number of nitrogens with one attached hydrogen (secondary N) is 1. The molecule has 0 unspecified atom stereocenters. The molecule has 1 aromatic carbocycles. The van der Waals surface area contributed by atoms with Gasteiger partial charge in [-0.1, -0.05) is 13.8 Å². The van der Waals surface area contributed by atoms with Crippen LogP contribution in [0.25, 0.3) is 11.6 Å². The number of methoxy groups -OCH3 is 1. The predicted molar refractivity (Wildman–Crippen MR) is 102 cm³/mol. The van der Waals surface area contributed by atoms with Gasteiger partial charge in [-0.05, 0) is 43.2 Å². The number of furan rings is 1. The second-order valence-electron chi connectivity index (χ2n) is 5.85. The molecule has 0 bridgehead atoms. The number of carboxylic acid groups (broad SMARTS) is 1. The molecule has 0 saturated heterocycles. The average molecular weight is 367 g/mol. The first-order valence-corrected chi connectivity index (χ1v) is 8.69. The van der Waals surface area contributed by atoms with Gasteiger partial charge in [-0.2, -0.15) is 0 Å². The zero-order valence-corrected chi connectivity index (χ0v) is 15.4. The minimum atomic E-state index is -1.01. The van der Waals surface area contributed by atoms with Crippen LogP contribution >= 0.6 is 0 Å².